The Morgan fingerprint density at radius 1 is 1.17 bits per heavy atom. The summed E-state index contributed by atoms with van der Waals surface area (Å²) in [7, 11) is 0. The van der Waals surface area contributed by atoms with Gasteiger partial charge in [-0.05, 0) is 23.6 Å². The lowest BCUT2D eigenvalue weighted by atomic mass is 9.96. The summed E-state index contributed by atoms with van der Waals surface area (Å²) in [6.07, 6.45) is 0.770. The molecule has 1 aliphatic heterocycles. The van der Waals surface area contributed by atoms with Crippen LogP contribution in [0, 0.1) is 0 Å². The highest BCUT2D eigenvalue weighted by Gasteiger charge is 2.29. The van der Waals surface area contributed by atoms with E-state index in [-0.39, 0.29) is 18.4 Å². The molecule has 0 radical (unpaired) electrons. The van der Waals surface area contributed by atoms with E-state index in [1.54, 1.807) is 0 Å². The van der Waals surface area contributed by atoms with Crippen molar-refractivity contribution in [3.8, 4) is 5.75 Å². The second-order valence-electron chi connectivity index (χ2n) is 5.78. The molecule has 0 saturated carbocycles. The van der Waals surface area contributed by atoms with Gasteiger partial charge in [0.15, 0.2) is 6.10 Å². The van der Waals surface area contributed by atoms with E-state index >= 15 is 0 Å². The zero-order valence-electron chi connectivity index (χ0n) is 12.9. The van der Waals surface area contributed by atoms with Gasteiger partial charge in [0.05, 0.1) is 0 Å². The van der Waals surface area contributed by atoms with Gasteiger partial charge in [0, 0.05) is 25.5 Å². The van der Waals surface area contributed by atoms with Crippen molar-refractivity contribution in [2.75, 3.05) is 13.2 Å². The smallest absolute Gasteiger partial charge is 0.261 e. The third-order valence-electron chi connectivity index (χ3n) is 4.21. The maximum absolute atomic E-state index is 12.4. The molecule has 1 aliphatic rings. The molecule has 0 bridgehead atoms. The van der Waals surface area contributed by atoms with Crippen LogP contribution in [-0.4, -0.2) is 30.3 Å². The fourth-order valence-electron chi connectivity index (χ4n) is 2.93. The molecule has 4 nitrogen and oxygen atoms in total. The molecule has 2 atom stereocenters. The van der Waals surface area contributed by atoms with E-state index in [0.717, 1.165) is 16.9 Å². The minimum Gasteiger partial charge on any atom is -0.480 e. The zero-order valence-corrected chi connectivity index (χ0v) is 12.9. The Bertz CT molecular complexity index is 632. The molecule has 23 heavy (non-hydrogen) atoms. The number of fused-ring (bicyclic) bond motifs is 1. The first kappa shape index (κ1) is 15.6. The molecule has 2 N–H and O–H groups in total. The molecule has 0 saturated heterocycles. The van der Waals surface area contributed by atoms with Crippen LogP contribution in [0.25, 0.3) is 0 Å². The van der Waals surface area contributed by atoms with Crippen molar-refractivity contribution in [2.24, 2.45) is 0 Å². The number of benzene rings is 2. The van der Waals surface area contributed by atoms with Gasteiger partial charge in [0.1, 0.15) is 5.75 Å². The molecule has 0 spiro atoms. The Labute approximate surface area is 136 Å². The number of hydrogen-bond donors (Lipinski definition) is 2. The van der Waals surface area contributed by atoms with Crippen LogP contribution in [0.3, 0.4) is 0 Å². The van der Waals surface area contributed by atoms with Crippen molar-refractivity contribution in [3.63, 3.8) is 0 Å². The lowest BCUT2D eigenvalue weighted by Gasteiger charge is -2.18. The SMILES string of the molecule is O=C(NCC(CCO)c1ccccc1)C1Cc2ccccc2O1. The van der Waals surface area contributed by atoms with E-state index in [9.17, 15) is 9.90 Å². The second-order valence-corrected chi connectivity index (χ2v) is 5.78. The first-order valence-electron chi connectivity index (χ1n) is 7.96. The lowest BCUT2D eigenvalue weighted by molar-refractivity contribution is -0.127. The van der Waals surface area contributed by atoms with Crippen LogP contribution in [0.2, 0.25) is 0 Å². The first-order valence-corrected chi connectivity index (χ1v) is 7.96. The summed E-state index contributed by atoms with van der Waals surface area (Å²) in [5.41, 5.74) is 2.19. The maximum atomic E-state index is 12.4. The highest BCUT2D eigenvalue weighted by atomic mass is 16.5. The maximum Gasteiger partial charge on any atom is 0.261 e. The normalized spacial score (nSPS) is 17.2. The Morgan fingerprint density at radius 2 is 1.91 bits per heavy atom. The van der Waals surface area contributed by atoms with E-state index in [4.69, 9.17) is 4.74 Å². The summed E-state index contributed by atoms with van der Waals surface area (Å²) in [6.45, 7) is 0.598. The Hall–Kier alpha value is -2.33. The predicted octanol–water partition coefficient (Wildman–Crippen LogP) is 2.27. The fraction of sp³-hybridized carbons (Fsp3) is 0.316. The standard InChI is InChI=1S/C19H21NO3/c21-11-10-16(14-6-2-1-3-7-14)13-20-19(22)18-12-15-8-4-5-9-17(15)23-18/h1-9,16,18,21H,10-13H2,(H,20,22). The Kier molecular flexibility index (Phi) is 4.93. The molecule has 120 valence electrons. The van der Waals surface area contributed by atoms with E-state index in [2.05, 4.69) is 5.32 Å². The topological polar surface area (TPSA) is 58.6 Å². The minimum atomic E-state index is -0.460. The number of para-hydroxylation sites is 1. The predicted molar refractivity (Wildman–Crippen MR) is 88.5 cm³/mol. The van der Waals surface area contributed by atoms with Gasteiger partial charge < -0.3 is 15.2 Å². The molecule has 2 unspecified atom stereocenters. The van der Waals surface area contributed by atoms with E-state index < -0.39 is 6.10 Å². The number of carbonyl (C=O) groups is 1. The van der Waals surface area contributed by atoms with Crippen LogP contribution in [-0.2, 0) is 11.2 Å². The van der Waals surface area contributed by atoms with Crippen LogP contribution in [0.5, 0.6) is 5.75 Å². The van der Waals surface area contributed by atoms with Gasteiger partial charge in [-0.2, -0.15) is 0 Å². The molecular formula is C19H21NO3. The molecular weight excluding hydrogens is 290 g/mol. The van der Waals surface area contributed by atoms with Crippen molar-refractivity contribution in [2.45, 2.75) is 24.9 Å². The number of nitrogens with one attached hydrogen (secondary N) is 1. The molecule has 1 heterocycles. The summed E-state index contributed by atoms with van der Waals surface area (Å²) in [6, 6.07) is 17.7. The van der Waals surface area contributed by atoms with Crippen LogP contribution in [0.15, 0.2) is 54.6 Å². The zero-order chi connectivity index (χ0) is 16.1. The Balaban J connectivity index is 1.58. The number of rotatable bonds is 6. The van der Waals surface area contributed by atoms with E-state index in [1.165, 1.54) is 0 Å². The van der Waals surface area contributed by atoms with E-state index in [1.807, 2.05) is 54.6 Å². The summed E-state index contributed by atoms with van der Waals surface area (Å²) >= 11 is 0. The molecule has 3 rings (SSSR count). The number of aliphatic hydroxyl groups excluding tert-OH is 1. The number of carbonyl (C=O) groups excluding carboxylic acids is 1. The van der Waals surface area contributed by atoms with Gasteiger partial charge in [0.25, 0.3) is 5.91 Å². The van der Waals surface area contributed by atoms with Crippen LogP contribution in [0.4, 0.5) is 0 Å². The molecule has 1 amide bonds. The third kappa shape index (κ3) is 3.71. The van der Waals surface area contributed by atoms with Crippen molar-refractivity contribution >= 4 is 5.91 Å². The summed E-state index contributed by atoms with van der Waals surface area (Å²) < 4.78 is 5.71. The van der Waals surface area contributed by atoms with Crippen LogP contribution >= 0.6 is 0 Å². The number of amides is 1. The average Bonchev–Trinajstić information content (AvgIpc) is 3.03. The second kappa shape index (κ2) is 7.29. The van der Waals surface area contributed by atoms with Crippen molar-refractivity contribution in [1.82, 2.24) is 5.32 Å². The van der Waals surface area contributed by atoms with Crippen LogP contribution in [0.1, 0.15) is 23.5 Å². The fourth-order valence-corrected chi connectivity index (χ4v) is 2.93. The molecule has 0 aromatic heterocycles. The van der Waals surface area contributed by atoms with Gasteiger partial charge >= 0.3 is 0 Å². The highest BCUT2D eigenvalue weighted by molar-refractivity contribution is 5.82. The van der Waals surface area contributed by atoms with Crippen molar-refractivity contribution in [3.05, 3.63) is 65.7 Å². The number of hydrogen-bond acceptors (Lipinski definition) is 3. The number of ether oxygens (including phenoxy) is 1. The molecule has 4 heteroatoms. The largest absolute Gasteiger partial charge is 0.480 e. The molecule has 0 fully saturated rings. The molecule has 0 aliphatic carbocycles. The average molecular weight is 311 g/mol. The van der Waals surface area contributed by atoms with Gasteiger partial charge in [0.2, 0.25) is 0 Å². The summed E-state index contributed by atoms with van der Waals surface area (Å²) in [5.74, 6) is 0.802. The molecule has 2 aromatic rings. The van der Waals surface area contributed by atoms with Gasteiger partial charge in [-0.3, -0.25) is 4.79 Å². The van der Waals surface area contributed by atoms with Gasteiger partial charge in [-0.25, -0.2) is 0 Å². The first-order chi connectivity index (χ1) is 11.3. The number of aliphatic hydroxyl groups is 1. The quantitative estimate of drug-likeness (QED) is 0.860. The van der Waals surface area contributed by atoms with Crippen LogP contribution < -0.4 is 10.1 Å². The lowest BCUT2D eigenvalue weighted by Crippen LogP contribution is -2.39. The van der Waals surface area contributed by atoms with Gasteiger partial charge in [-0.1, -0.05) is 48.5 Å². The Morgan fingerprint density at radius 3 is 2.65 bits per heavy atom. The van der Waals surface area contributed by atoms with E-state index in [0.29, 0.717) is 19.4 Å². The highest BCUT2D eigenvalue weighted by Crippen LogP contribution is 2.28. The molecule has 2 aromatic carbocycles. The monoisotopic (exact) mass is 311 g/mol. The van der Waals surface area contributed by atoms with Crippen molar-refractivity contribution < 1.29 is 14.6 Å². The summed E-state index contributed by atoms with van der Waals surface area (Å²) in [4.78, 5) is 12.4. The third-order valence-corrected chi connectivity index (χ3v) is 4.21. The summed E-state index contributed by atoms with van der Waals surface area (Å²) in [5, 5.41) is 12.2. The van der Waals surface area contributed by atoms with Gasteiger partial charge in [-0.15, -0.1) is 0 Å². The van der Waals surface area contributed by atoms with Crippen molar-refractivity contribution in [1.29, 1.82) is 0 Å². The minimum absolute atomic E-state index is 0.0972.